The highest BCUT2D eigenvalue weighted by atomic mass is 35.5. The Bertz CT molecular complexity index is 813. The Labute approximate surface area is 183 Å². The molecule has 2 aliphatic rings. The van der Waals surface area contributed by atoms with Gasteiger partial charge in [-0.25, -0.2) is 0 Å². The fourth-order valence-corrected chi connectivity index (χ4v) is 4.43. The molecule has 0 atom stereocenters. The first-order chi connectivity index (χ1) is 14.2. The van der Waals surface area contributed by atoms with Gasteiger partial charge in [0.25, 0.3) is 5.91 Å². The first-order valence-corrected chi connectivity index (χ1v) is 10.5. The molecular formula is C22H30ClN5O2. The normalized spacial score (nSPS) is 19.0. The van der Waals surface area contributed by atoms with Gasteiger partial charge >= 0.3 is 0 Å². The van der Waals surface area contributed by atoms with Gasteiger partial charge < -0.3 is 15.5 Å². The summed E-state index contributed by atoms with van der Waals surface area (Å²) in [6, 6.07) is 11.3. The Morgan fingerprint density at radius 1 is 1.10 bits per heavy atom. The number of carbonyl (C=O) groups excluding carboxylic acids is 2. The van der Waals surface area contributed by atoms with Crippen LogP contribution in [0.2, 0.25) is 0 Å². The smallest absolute Gasteiger partial charge is 0.253 e. The minimum absolute atomic E-state index is 0. The minimum atomic E-state index is -0.598. The number of piperidine rings is 2. The van der Waals surface area contributed by atoms with Crippen molar-refractivity contribution in [3.63, 3.8) is 0 Å². The van der Waals surface area contributed by atoms with Crippen molar-refractivity contribution in [2.24, 2.45) is 5.92 Å². The van der Waals surface area contributed by atoms with E-state index in [2.05, 4.69) is 15.7 Å². The number of amides is 2. The molecule has 0 radical (unpaired) electrons. The van der Waals surface area contributed by atoms with Crippen molar-refractivity contribution in [3.8, 4) is 0 Å². The molecule has 3 heterocycles. The van der Waals surface area contributed by atoms with E-state index in [1.165, 1.54) is 0 Å². The van der Waals surface area contributed by atoms with Crippen molar-refractivity contribution in [2.75, 3.05) is 32.7 Å². The molecule has 1 aromatic carbocycles. The van der Waals surface area contributed by atoms with E-state index in [1.54, 1.807) is 6.20 Å². The number of carbonyl (C=O) groups is 2. The zero-order chi connectivity index (χ0) is 20.1. The van der Waals surface area contributed by atoms with E-state index < -0.39 is 5.54 Å². The Hall–Kier alpha value is -2.38. The van der Waals surface area contributed by atoms with Crippen LogP contribution in [0.3, 0.4) is 0 Å². The number of rotatable bonds is 5. The topological polar surface area (TPSA) is 79.3 Å². The zero-order valence-corrected chi connectivity index (χ0v) is 17.9. The summed E-state index contributed by atoms with van der Waals surface area (Å²) in [6.07, 6.45) is 6.93. The first kappa shape index (κ1) is 22.3. The van der Waals surface area contributed by atoms with E-state index in [1.807, 2.05) is 52.2 Å². The van der Waals surface area contributed by atoms with Crippen LogP contribution in [0.15, 0.2) is 48.8 Å². The molecule has 2 aromatic rings. The van der Waals surface area contributed by atoms with Gasteiger partial charge in [-0.05, 0) is 62.9 Å². The average molecular weight is 432 g/mol. The molecule has 2 N–H and O–H groups in total. The van der Waals surface area contributed by atoms with Gasteiger partial charge in [0.05, 0.1) is 0 Å². The molecule has 162 valence electrons. The van der Waals surface area contributed by atoms with Gasteiger partial charge in [-0.15, -0.1) is 12.4 Å². The standard InChI is InChI=1S/C22H29N5O2.ClH/c28-20(19-5-2-1-3-6-19)26-15-7-18(8-16-26)17-24-21(29)22(9-12-23-13-10-22)27-14-4-11-25-27;/h1-6,11,14,18,23H,7-10,12-13,15-17H2,(H,24,29);1H. The highest BCUT2D eigenvalue weighted by Gasteiger charge is 2.42. The summed E-state index contributed by atoms with van der Waals surface area (Å²) in [4.78, 5) is 27.7. The number of halogens is 1. The summed E-state index contributed by atoms with van der Waals surface area (Å²) in [5.74, 6) is 0.557. The molecule has 2 aliphatic heterocycles. The summed E-state index contributed by atoms with van der Waals surface area (Å²) < 4.78 is 1.82. The minimum Gasteiger partial charge on any atom is -0.354 e. The zero-order valence-electron chi connectivity index (χ0n) is 17.1. The number of nitrogens with one attached hydrogen (secondary N) is 2. The number of nitrogens with zero attached hydrogens (tertiary/aromatic N) is 3. The highest BCUT2D eigenvalue weighted by molar-refractivity contribution is 5.94. The summed E-state index contributed by atoms with van der Waals surface area (Å²) in [6.45, 7) is 3.76. The third kappa shape index (κ3) is 4.68. The van der Waals surface area contributed by atoms with Gasteiger partial charge in [0.2, 0.25) is 5.91 Å². The lowest BCUT2D eigenvalue weighted by molar-refractivity contribution is -0.132. The summed E-state index contributed by atoms with van der Waals surface area (Å²) >= 11 is 0. The van der Waals surface area contributed by atoms with Crippen LogP contribution in [-0.2, 0) is 10.3 Å². The Morgan fingerprint density at radius 3 is 2.43 bits per heavy atom. The maximum absolute atomic E-state index is 13.2. The van der Waals surface area contributed by atoms with Gasteiger partial charge in [-0.2, -0.15) is 5.10 Å². The van der Waals surface area contributed by atoms with Crippen LogP contribution in [-0.4, -0.2) is 59.2 Å². The fourth-order valence-electron chi connectivity index (χ4n) is 4.43. The molecule has 4 rings (SSSR count). The average Bonchev–Trinajstić information content (AvgIpc) is 3.34. The van der Waals surface area contributed by atoms with Gasteiger partial charge in [-0.3, -0.25) is 14.3 Å². The molecule has 7 nitrogen and oxygen atoms in total. The van der Waals surface area contributed by atoms with E-state index >= 15 is 0 Å². The lowest BCUT2D eigenvalue weighted by atomic mass is 9.87. The second kappa shape index (κ2) is 10.1. The van der Waals surface area contributed by atoms with E-state index in [9.17, 15) is 9.59 Å². The molecule has 1 aromatic heterocycles. The van der Waals surface area contributed by atoms with Gasteiger partial charge in [-0.1, -0.05) is 18.2 Å². The van der Waals surface area contributed by atoms with Gasteiger partial charge in [0, 0.05) is 37.6 Å². The molecule has 0 bridgehead atoms. The summed E-state index contributed by atoms with van der Waals surface area (Å²) in [5.41, 5.74) is 0.143. The molecule has 0 spiro atoms. The van der Waals surface area contributed by atoms with E-state index in [-0.39, 0.29) is 24.2 Å². The molecule has 2 fully saturated rings. The van der Waals surface area contributed by atoms with Crippen molar-refractivity contribution < 1.29 is 9.59 Å². The number of likely N-dealkylation sites (tertiary alicyclic amines) is 1. The van der Waals surface area contributed by atoms with Crippen molar-refractivity contribution in [1.29, 1.82) is 0 Å². The predicted molar refractivity (Wildman–Crippen MR) is 118 cm³/mol. The first-order valence-electron chi connectivity index (χ1n) is 10.5. The molecule has 2 saturated heterocycles. The number of benzene rings is 1. The third-order valence-electron chi connectivity index (χ3n) is 6.27. The molecule has 0 unspecified atom stereocenters. The molecule has 8 heteroatoms. The Kier molecular flexibility index (Phi) is 7.50. The van der Waals surface area contributed by atoms with Crippen LogP contribution in [0.1, 0.15) is 36.0 Å². The quantitative estimate of drug-likeness (QED) is 0.759. The highest BCUT2D eigenvalue weighted by Crippen LogP contribution is 2.27. The summed E-state index contributed by atoms with van der Waals surface area (Å²) in [5, 5.41) is 10.9. The van der Waals surface area contributed by atoms with Crippen molar-refractivity contribution in [2.45, 2.75) is 31.2 Å². The van der Waals surface area contributed by atoms with E-state index in [0.717, 1.165) is 57.4 Å². The van der Waals surface area contributed by atoms with Gasteiger partial charge in [0.15, 0.2) is 0 Å². The second-order valence-electron chi connectivity index (χ2n) is 8.04. The van der Waals surface area contributed by atoms with Crippen molar-refractivity contribution in [1.82, 2.24) is 25.3 Å². The van der Waals surface area contributed by atoms with Crippen LogP contribution >= 0.6 is 12.4 Å². The largest absolute Gasteiger partial charge is 0.354 e. The molecule has 2 amide bonds. The monoisotopic (exact) mass is 431 g/mol. The number of hydrogen-bond acceptors (Lipinski definition) is 4. The lowest BCUT2D eigenvalue weighted by Gasteiger charge is -2.37. The second-order valence-corrected chi connectivity index (χ2v) is 8.04. The molecule has 0 saturated carbocycles. The molecule has 0 aliphatic carbocycles. The Morgan fingerprint density at radius 2 is 1.80 bits per heavy atom. The lowest BCUT2D eigenvalue weighted by Crippen LogP contribution is -2.55. The maximum Gasteiger partial charge on any atom is 0.253 e. The summed E-state index contributed by atoms with van der Waals surface area (Å²) in [7, 11) is 0. The van der Waals surface area contributed by atoms with Crippen LogP contribution < -0.4 is 10.6 Å². The Balaban J connectivity index is 0.00000256. The molecular weight excluding hydrogens is 402 g/mol. The van der Waals surface area contributed by atoms with Crippen LogP contribution in [0, 0.1) is 5.92 Å². The fraction of sp³-hybridized carbons (Fsp3) is 0.500. The third-order valence-corrected chi connectivity index (χ3v) is 6.27. The van der Waals surface area contributed by atoms with Crippen LogP contribution in [0.25, 0.3) is 0 Å². The number of aromatic nitrogens is 2. The van der Waals surface area contributed by atoms with Gasteiger partial charge in [0.1, 0.15) is 5.54 Å². The maximum atomic E-state index is 13.2. The SMILES string of the molecule is Cl.O=C(c1ccccc1)N1CCC(CNC(=O)C2(n3cccn3)CCNCC2)CC1. The number of hydrogen-bond donors (Lipinski definition) is 2. The van der Waals surface area contributed by atoms with E-state index in [4.69, 9.17) is 0 Å². The van der Waals surface area contributed by atoms with Crippen molar-refractivity contribution in [3.05, 3.63) is 54.4 Å². The predicted octanol–water partition coefficient (Wildman–Crippen LogP) is 2.05. The van der Waals surface area contributed by atoms with E-state index in [0.29, 0.717) is 12.5 Å². The van der Waals surface area contributed by atoms with Crippen LogP contribution in [0.5, 0.6) is 0 Å². The van der Waals surface area contributed by atoms with Crippen LogP contribution in [0.4, 0.5) is 0 Å². The molecule has 30 heavy (non-hydrogen) atoms. The van der Waals surface area contributed by atoms with Crippen molar-refractivity contribution >= 4 is 24.2 Å².